The van der Waals surface area contributed by atoms with Gasteiger partial charge >= 0.3 is 17.9 Å². The van der Waals surface area contributed by atoms with Crippen LogP contribution in [-0.2, 0) is 35.2 Å². The molecule has 5 atom stereocenters. The molecule has 0 bridgehead atoms. The van der Waals surface area contributed by atoms with E-state index in [0.717, 1.165) is 0 Å². The first-order valence-electron chi connectivity index (χ1n) is 12.4. The molecule has 0 aliphatic rings. The van der Waals surface area contributed by atoms with Gasteiger partial charge < -0.3 is 42.1 Å². The maximum Gasteiger partial charge on any atom is 0.326 e. The fourth-order valence-electron chi connectivity index (χ4n) is 3.54. The lowest BCUT2D eigenvalue weighted by Crippen LogP contribution is -2.58. The molecule has 5 unspecified atom stereocenters. The van der Waals surface area contributed by atoms with Gasteiger partial charge in [0.1, 0.15) is 23.9 Å². The number of carbonyl (C=O) groups excluding carboxylic acids is 3. The molecule has 0 saturated heterocycles. The molecule has 0 spiro atoms. The zero-order valence-electron chi connectivity index (χ0n) is 21.8. The summed E-state index contributed by atoms with van der Waals surface area (Å²) in [6.45, 7) is 3.35. The van der Waals surface area contributed by atoms with Crippen LogP contribution in [0.1, 0.15) is 51.5 Å². The fourth-order valence-corrected chi connectivity index (χ4v) is 3.54. The van der Waals surface area contributed by atoms with E-state index in [1.807, 2.05) is 0 Å². The van der Waals surface area contributed by atoms with E-state index in [-0.39, 0.29) is 25.0 Å². The molecular weight excluding hydrogens is 516 g/mol. The van der Waals surface area contributed by atoms with Crippen LogP contribution in [0.15, 0.2) is 24.3 Å². The van der Waals surface area contributed by atoms with Crippen LogP contribution >= 0.6 is 0 Å². The number of rotatable bonds is 17. The summed E-state index contributed by atoms with van der Waals surface area (Å²) >= 11 is 0. The number of nitrogens with one attached hydrogen (secondary N) is 3. The second-order valence-corrected chi connectivity index (χ2v) is 9.17. The lowest BCUT2D eigenvalue weighted by Gasteiger charge is -2.28. The summed E-state index contributed by atoms with van der Waals surface area (Å²) in [5.74, 6) is -6.90. The number of nitrogens with two attached hydrogens (primary N) is 1. The summed E-state index contributed by atoms with van der Waals surface area (Å²) in [5, 5.41) is 43.8. The Bertz CT molecular complexity index is 1030. The average Bonchev–Trinajstić information content (AvgIpc) is 2.87. The van der Waals surface area contributed by atoms with Crippen LogP contribution in [0.4, 0.5) is 0 Å². The minimum atomic E-state index is -1.52. The third-order valence-corrected chi connectivity index (χ3v) is 6.06. The van der Waals surface area contributed by atoms with Crippen LogP contribution in [0.5, 0.6) is 5.75 Å². The van der Waals surface area contributed by atoms with Gasteiger partial charge in [0, 0.05) is 12.8 Å². The van der Waals surface area contributed by atoms with Crippen molar-refractivity contribution in [2.45, 2.75) is 76.5 Å². The van der Waals surface area contributed by atoms with E-state index in [1.54, 1.807) is 26.0 Å². The Morgan fingerprint density at radius 2 is 1.31 bits per heavy atom. The lowest BCUT2D eigenvalue weighted by molar-refractivity contribution is -0.143. The number of phenols is 1. The van der Waals surface area contributed by atoms with E-state index < -0.39 is 78.6 Å². The number of carboxylic acid groups (broad SMARTS) is 3. The van der Waals surface area contributed by atoms with Gasteiger partial charge in [-0.3, -0.25) is 24.0 Å². The Morgan fingerprint density at radius 3 is 1.79 bits per heavy atom. The number of aromatic hydroxyl groups is 1. The minimum absolute atomic E-state index is 0.0265. The van der Waals surface area contributed by atoms with Crippen LogP contribution in [0.25, 0.3) is 0 Å². The Kier molecular flexibility index (Phi) is 13.4. The second kappa shape index (κ2) is 15.9. The van der Waals surface area contributed by atoms with Crippen LogP contribution in [-0.4, -0.2) is 80.2 Å². The number of hydrogen-bond donors (Lipinski definition) is 8. The summed E-state index contributed by atoms with van der Waals surface area (Å²) < 4.78 is 0. The van der Waals surface area contributed by atoms with Crippen molar-refractivity contribution < 1.29 is 49.2 Å². The number of phenolic OH excluding ortho intramolecular Hbond substituents is 1. The van der Waals surface area contributed by atoms with Crippen molar-refractivity contribution in [2.24, 2.45) is 11.7 Å². The molecule has 216 valence electrons. The first kappa shape index (κ1) is 32.8. The Morgan fingerprint density at radius 1 is 0.795 bits per heavy atom. The van der Waals surface area contributed by atoms with Crippen molar-refractivity contribution in [1.29, 1.82) is 0 Å². The number of benzene rings is 1. The van der Waals surface area contributed by atoms with Crippen LogP contribution in [0.2, 0.25) is 0 Å². The van der Waals surface area contributed by atoms with Crippen LogP contribution in [0.3, 0.4) is 0 Å². The first-order chi connectivity index (χ1) is 18.2. The smallest absolute Gasteiger partial charge is 0.326 e. The maximum absolute atomic E-state index is 13.1. The lowest BCUT2D eigenvalue weighted by atomic mass is 9.96. The van der Waals surface area contributed by atoms with E-state index in [9.17, 15) is 39.0 Å². The van der Waals surface area contributed by atoms with Crippen molar-refractivity contribution >= 4 is 35.6 Å². The third kappa shape index (κ3) is 11.8. The van der Waals surface area contributed by atoms with Gasteiger partial charge in [-0.15, -0.1) is 0 Å². The van der Waals surface area contributed by atoms with E-state index in [2.05, 4.69) is 16.0 Å². The molecule has 0 aliphatic heterocycles. The van der Waals surface area contributed by atoms with Gasteiger partial charge in [-0.05, 0) is 42.9 Å². The topological polar surface area (TPSA) is 245 Å². The SMILES string of the molecule is CCC(C)C(NC(=O)C(CCC(=O)O)NC(=O)C(N)Cc1ccc(O)cc1)C(=O)NC(CCC(=O)O)C(=O)O. The first-order valence-corrected chi connectivity index (χ1v) is 12.4. The molecule has 14 nitrogen and oxygen atoms in total. The number of aliphatic carboxylic acids is 3. The van der Waals surface area contributed by atoms with Crippen molar-refractivity contribution in [3.8, 4) is 5.75 Å². The molecule has 39 heavy (non-hydrogen) atoms. The number of carbonyl (C=O) groups is 6. The second-order valence-electron chi connectivity index (χ2n) is 9.17. The summed E-state index contributed by atoms with van der Waals surface area (Å²) in [5.41, 5.74) is 6.59. The van der Waals surface area contributed by atoms with E-state index in [4.69, 9.17) is 15.9 Å². The Balaban J connectivity index is 3.02. The predicted octanol–water partition coefficient (Wildman–Crippen LogP) is -0.423. The van der Waals surface area contributed by atoms with Gasteiger partial charge in [0.05, 0.1) is 6.04 Å². The van der Waals surface area contributed by atoms with Crippen molar-refractivity contribution in [3.05, 3.63) is 29.8 Å². The normalized spacial score (nSPS) is 14.6. The zero-order chi connectivity index (χ0) is 29.7. The highest BCUT2D eigenvalue weighted by Crippen LogP contribution is 2.13. The van der Waals surface area contributed by atoms with Crippen molar-refractivity contribution in [2.75, 3.05) is 0 Å². The van der Waals surface area contributed by atoms with E-state index in [0.29, 0.717) is 12.0 Å². The van der Waals surface area contributed by atoms with Gasteiger partial charge in [-0.2, -0.15) is 0 Å². The molecule has 3 amide bonds. The third-order valence-electron chi connectivity index (χ3n) is 6.06. The highest BCUT2D eigenvalue weighted by Gasteiger charge is 2.33. The highest BCUT2D eigenvalue weighted by atomic mass is 16.4. The predicted molar refractivity (Wildman–Crippen MR) is 136 cm³/mol. The summed E-state index contributed by atoms with van der Waals surface area (Å²) in [6.07, 6.45) is -1.25. The minimum Gasteiger partial charge on any atom is -0.508 e. The van der Waals surface area contributed by atoms with Crippen LogP contribution in [0, 0.1) is 5.92 Å². The monoisotopic (exact) mass is 552 g/mol. The zero-order valence-corrected chi connectivity index (χ0v) is 21.8. The molecule has 1 aromatic rings. The molecule has 0 radical (unpaired) electrons. The molecule has 0 fully saturated rings. The van der Waals surface area contributed by atoms with Gasteiger partial charge in [0.15, 0.2) is 0 Å². The summed E-state index contributed by atoms with van der Waals surface area (Å²) in [4.78, 5) is 72.2. The standard InChI is InChI=1S/C25H36N4O10/c1-3-13(2)21(24(37)28-18(25(38)39)9-11-20(33)34)29-23(36)17(8-10-19(31)32)27-22(35)16(26)12-14-4-6-15(30)7-5-14/h4-7,13,16-18,21,30H,3,8-12,26H2,1-2H3,(H,27,35)(H,28,37)(H,29,36)(H,31,32)(H,33,34)(H,38,39). The van der Waals surface area contributed by atoms with E-state index in [1.165, 1.54) is 12.1 Å². The van der Waals surface area contributed by atoms with Gasteiger partial charge in [-0.25, -0.2) is 4.79 Å². The van der Waals surface area contributed by atoms with Gasteiger partial charge in [0.25, 0.3) is 0 Å². The van der Waals surface area contributed by atoms with E-state index >= 15 is 0 Å². The molecular formula is C25H36N4O10. The van der Waals surface area contributed by atoms with Crippen molar-refractivity contribution in [3.63, 3.8) is 0 Å². The van der Waals surface area contributed by atoms with Gasteiger partial charge in [-0.1, -0.05) is 32.4 Å². The molecule has 1 rings (SSSR count). The molecule has 14 heteroatoms. The summed E-state index contributed by atoms with van der Waals surface area (Å²) in [7, 11) is 0. The fraction of sp³-hybridized carbons (Fsp3) is 0.520. The quantitative estimate of drug-likeness (QED) is 0.123. The molecule has 9 N–H and O–H groups in total. The molecule has 0 aromatic heterocycles. The molecule has 0 aliphatic carbocycles. The number of hydrogen-bond acceptors (Lipinski definition) is 8. The highest BCUT2D eigenvalue weighted by molar-refractivity contribution is 5.94. The van der Waals surface area contributed by atoms with Crippen LogP contribution < -0.4 is 21.7 Å². The van der Waals surface area contributed by atoms with Gasteiger partial charge in [0.2, 0.25) is 17.7 Å². The maximum atomic E-state index is 13.1. The largest absolute Gasteiger partial charge is 0.508 e. The van der Waals surface area contributed by atoms with Crippen molar-refractivity contribution in [1.82, 2.24) is 16.0 Å². The number of carboxylic acids is 3. The number of amides is 3. The summed E-state index contributed by atoms with van der Waals surface area (Å²) in [6, 6.07) is 0.691. The molecule has 0 saturated carbocycles. The molecule has 1 aromatic carbocycles. The molecule has 0 heterocycles. The average molecular weight is 553 g/mol. The Hall–Kier alpha value is -4.20. The Labute approximate surface area is 225 Å².